The van der Waals surface area contributed by atoms with Gasteiger partial charge in [0, 0.05) is 6.04 Å². The lowest BCUT2D eigenvalue weighted by molar-refractivity contribution is 0.508. The summed E-state index contributed by atoms with van der Waals surface area (Å²) in [5.74, 6) is 0. The van der Waals surface area contributed by atoms with Crippen LogP contribution in [0.1, 0.15) is 19.8 Å². The van der Waals surface area contributed by atoms with Gasteiger partial charge in [-0.15, -0.1) is 0 Å². The average Bonchev–Trinajstić information content (AvgIpc) is 1.79. The maximum absolute atomic E-state index is 5.52. The van der Waals surface area contributed by atoms with Crippen molar-refractivity contribution in [3.8, 4) is 0 Å². The second-order valence-corrected chi connectivity index (χ2v) is 2.60. The third-order valence-corrected chi connectivity index (χ3v) is 1.22. The van der Waals surface area contributed by atoms with E-state index in [-0.39, 0.29) is 6.04 Å². The van der Waals surface area contributed by atoms with E-state index in [9.17, 15) is 0 Å². The minimum absolute atomic E-state index is 0.274. The molecule has 1 unspecified atom stereocenters. The van der Waals surface area contributed by atoms with E-state index in [1.54, 1.807) is 0 Å². The molecule has 7 N–H and O–H groups in total. The normalized spacial score (nSPS) is 14.1. The van der Waals surface area contributed by atoms with Crippen molar-refractivity contribution in [1.29, 1.82) is 0 Å². The van der Waals surface area contributed by atoms with Crippen molar-refractivity contribution >= 4 is 0 Å². The maximum atomic E-state index is 5.52. The van der Waals surface area contributed by atoms with Gasteiger partial charge >= 0.3 is 0 Å². The van der Waals surface area contributed by atoms with E-state index < -0.39 is 6.29 Å². The molecule has 0 spiro atoms. The Labute approximate surface area is 62.1 Å². The van der Waals surface area contributed by atoms with E-state index in [0.29, 0.717) is 0 Å². The third kappa shape index (κ3) is 7.84. The molecule has 0 aliphatic carbocycles. The van der Waals surface area contributed by atoms with Gasteiger partial charge < -0.3 is 17.2 Å². The summed E-state index contributed by atoms with van der Waals surface area (Å²) < 4.78 is 0. The Hall–Kier alpha value is -0.160. The first-order valence-electron chi connectivity index (χ1n) is 3.63. The largest absolute Gasteiger partial charge is 0.328 e. The quantitative estimate of drug-likeness (QED) is 0.293. The van der Waals surface area contributed by atoms with Crippen molar-refractivity contribution in [3.63, 3.8) is 0 Å². The summed E-state index contributed by atoms with van der Waals surface area (Å²) in [6.07, 6.45) is 1.65. The van der Waals surface area contributed by atoms with E-state index >= 15 is 0 Å². The lowest BCUT2D eigenvalue weighted by Gasteiger charge is -2.08. The van der Waals surface area contributed by atoms with E-state index in [2.05, 4.69) is 5.32 Å². The molecule has 0 amide bonds. The van der Waals surface area contributed by atoms with Crippen LogP contribution in [0.3, 0.4) is 0 Å². The van der Waals surface area contributed by atoms with Crippen LogP contribution in [0.15, 0.2) is 0 Å². The Bertz CT molecular complexity index is 62.1. The first kappa shape index (κ1) is 9.84. The summed E-state index contributed by atoms with van der Waals surface area (Å²) in [6, 6.07) is 0.274. The highest BCUT2D eigenvalue weighted by Gasteiger charge is 1.94. The number of rotatable bonds is 5. The van der Waals surface area contributed by atoms with E-state index in [1.165, 1.54) is 0 Å². The number of nitrogens with one attached hydrogen (secondary N) is 1. The van der Waals surface area contributed by atoms with Crippen LogP contribution in [0.5, 0.6) is 0 Å². The first-order valence-corrected chi connectivity index (χ1v) is 3.63. The SMILES string of the molecule is CC(N)CCCNC(N)N. The van der Waals surface area contributed by atoms with Crippen molar-refractivity contribution < 1.29 is 0 Å². The van der Waals surface area contributed by atoms with Gasteiger partial charge in [0.2, 0.25) is 0 Å². The fourth-order valence-electron chi connectivity index (χ4n) is 0.693. The van der Waals surface area contributed by atoms with Gasteiger partial charge in [-0.05, 0) is 26.3 Å². The Morgan fingerprint density at radius 3 is 2.30 bits per heavy atom. The third-order valence-electron chi connectivity index (χ3n) is 1.22. The van der Waals surface area contributed by atoms with Crippen LogP contribution in [-0.2, 0) is 0 Å². The summed E-state index contributed by atoms with van der Waals surface area (Å²) in [5.41, 5.74) is 16.0. The Morgan fingerprint density at radius 2 is 1.90 bits per heavy atom. The monoisotopic (exact) mass is 146 g/mol. The summed E-state index contributed by atoms with van der Waals surface area (Å²) in [4.78, 5) is 0. The summed E-state index contributed by atoms with van der Waals surface area (Å²) in [7, 11) is 0. The zero-order chi connectivity index (χ0) is 7.98. The van der Waals surface area contributed by atoms with Gasteiger partial charge in [-0.2, -0.15) is 0 Å². The predicted octanol–water partition coefficient (Wildman–Crippen LogP) is -1.10. The standard InChI is InChI=1S/C6H18N4/c1-5(7)3-2-4-10-6(8)9/h5-6,10H,2-4,7-9H2,1H3. The lowest BCUT2D eigenvalue weighted by atomic mass is 10.2. The fraction of sp³-hybridized carbons (Fsp3) is 1.00. The number of nitrogens with two attached hydrogens (primary N) is 3. The van der Waals surface area contributed by atoms with Crippen molar-refractivity contribution in [2.24, 2.45) is 17.2 Å². The lowest BCUT2D eigenvalue weighted by Crippen LogP contribution is -2.45. The molecule has 0 heterocycles. The highest BCUT2D eigenvalue weighted by Crippen LogP contribution is 1.90. The molecule has 0 aliphatic heterocycles. The summed E-state index contributed by atoms with van der Waals surface area (Å²) in [6.45, 7) is 2.83. The van der Waals surface area contributed by atoms with Gasteiger partial charge in [0.05, 0.1) is 0 Å². The van der Waals surface area contributed by atoms with Gasteiger partial charge in [-0.25, -0.2) is 0 Å². The highest BCUT2D eigenvalue weighted by atomic mass is 15.1. The molecule has 0 rings (SSSR count). The van der Waals surface area contributed by atoms with Gasteiger partial charge in [0.25, 0.3) is 0 Å². The predicted molar refractivity (Wildman–Crippen MR) is 43.0 cm³/mol. The van der Waals surface area contributed by atoms with Crippen molar-refractivity contribution in [3.05, 3.63) is 0 Å². The topological polar surface area (TPSA) is 90.1 Å². The molecular formula is C6H18N4. The molecule has 0 aliphatic rings. The zero-order valence-corrected chi connectivity index (χ0v) is 6.51. The molecule has 0 aromatic carbocycles. The van der Waals surface area contributed by atoms with Crippen LogP contribution >= 0.6 is 0 Å². The molecule has 0 aromatic heterocycles. The minimum atomic E-state index is -0.395. The molecule has 0 radical (unpaired) electrons. The molecular weight excluding hydrogens is 128 g/mol. The second-order valence-electron chi connectivity index (χ2n) is 2.60. The smallest absolute Gasteiger partial charge is 0.106 e. The maximum Gasteiger partial charge on any atom is 0.106 e. The average molecular weight is 146 g/mol. The van der Waals surface area contributed by atoms with Crippen molar-refractivity contribution in [2.45, 2.75) is 32.1 Å². The molecule has 1 atom stereocenters. The van der Waals surface area contributed by atoms with Crippen LogP contribution in [0.2, 0.25) is 0 Å². The molecule has 0 bridgehead atoms. The van der Waals surface area contributed by atoms with E-state index in [0.717, 1.165) is 19.4 Å². The minimum Gasteiger partial charge on any atom is -0.328 e. The van der Waals surface area contributed by atoms with Crippen molar-refractivity contribution in [1.82, 2.24) is 5.32 Å². The molecule has 62 valence electrons. The summed E-state index contributed by atoms with van der Waals surface area (Å²) in [5, 5.41) is 2.90. The Balaban J connectivity index is 2.91. The fourth-order valence-corrected chi connectivity index (χ4v) is 0.693. The molecule has 0 saturated carbocycles. The zero-order valence-electron chi connectivity index (χ0n) is 6.51. The number of hydrogen-bond donors (Lipinski definition) is 4. The number of hydrogen-bond acceptors (Lipinski definition) is 4. The van der Waals surface area contributed by atoms with Crippen LogP contribution < -0.4 is 22.5 Å². The molecule has 0 aromatic rings. The van der Waals surface area contributed by atoms with E-state index in [1.807, 2.05) is 6.92 Å². The van der Waals surface area contributed by atoms with Gasteiger partial charge in [0.15, 0.2) is 0 Å². The summed E-state index contributed by atoms with van der Waals surface area (Å²) >= 11 is 0. The molecule has 0 fully saturated rings. The van der Waals surface area contributed by atoms with E-state index in [4.69, 9.17) is 17.2 Å². The molecule has 4 heteroatoms. The van der Waals surface area contributed by atoms with Crippen LogP contribution in [0.25, 0.3) is 0 Å². The Kier molecular flexibility index (Phi) is 5.52. The van der Waals surface area contributed by atoms with Crippen LogP contribution in [0.4, 0.5) is 0 Å². The van der Waals surface area contributed by atoms with Crippen LogP contribution in [0, 0.1) is 0 Å². The second kappa shape index (κ2) is 5.61. The molecule has 0 saturated heterocycles. The Morgan fingerprint density at radius 1 is 1.30 bits per heavy atom. The van der Waals surface area contributed by atoms with Gasteiger partial charge in [-0.1, -0.05) is 0 Å². The molecule has 4 nitrogen and oxygen atoms in total. The van der Waals surface area contributed by atoms with Gasteiger partial charge in [0.1, 0.15) is 6.29 Å². The van der Waals surface area contributed by atoms with Crippen molar-refractivity contribution in [2.75, 3.05) is 6.54 Å². The molecule has 10 heavy (non-hydrogen) atoms. The highest BCUT2D eigenvalue weighted by molar-refractivity contribution is 4.55. The van der Waals surface area contributed by atoms with Crippen LogP contribution in [-0.4, -0.2) is 18.9 Å². The van der Waals surface area contributed by atoms with Gasteiger partial charge in [-0.3, -0.25) is 5.32 Å². The first-order chi connectivity index (χ1) is 4.63.